The number of nitrogens with one attached hydrogen (secondary N) is 1. The zero-order valence-electron chi connectivity index (χ0n) is 18.1. The molecule has 2 N–H and O–H groups in total. The van der Waals surface area contributed by atoms with Gasteiger partial charge in [-0.05, 0) is 55.0 Å². The minimum absolute atomic E-state index is 0.152. The van der Waals surface area contributed by atoms with Crippen molar-refractivity contribution >= 4 is 16.7 Å². The summed E-state index contributed by atoms with van der Waals surface area (Å²) >= 11 is 0. The number of phenolic OH excluding ortho intramolecular Hbond substituents is 1. The van der Waals surface area contributed by atoms with Gasteiger partial charge in [-0.3, -0.25) is 0 Å². The van der Waals surface area contributed by atoms with Gasteiger partial charge in [0, 0.05) is 22.8 Å². The summed E-state index contributed by atoms with van der Waals surface area (Å²) in [5.41, 5.74) is 3.07. The van der Waals surface area contributed by atoms with E-state index in [1.54, 1.807) is 6.20 Å². The molecule has 5 nitrogen and oxygen atoms in total. The highest BCUT2D eigenvalue weighted by Crippen LogP contribution is 2.37. The molecule has 0 aliphatic rings. The highest BCUT2D eigenvalue weighted by Gasteiger charge is 2.21. The first-order valence-electron chi connectivity index (χ1n) is 10.8. The predicted octanol–water partition coefficient (Wildman–Crippen LogP) is 6.64. The molecule has 0 spiro atoms. The van der Waals surface area contributed by atoms with Crippen molar-refractivity contribution in [1.29, 1.82) is 0 Å². The maximum atomic E-state index is 11.2. The van der Waals surface area contributed by atoms with Gasteiger partial charge in [0.1, 0.15) is 28.6 Å². The second-order valence-corrected chi connectivity index (χ2v) is 7.81. The van der Waals surface area contributed by atoms with Crippen LogP contribution in [-0.4, -0.2) is 15.1 Å². The number of aryl methyl sites for hydroxylation is 1. The topological polar surface area (TPSA) is 67.3 Å². The number of aromatic hydroxyl groups is 1. The van der Waals surface area contributed by atoms with Crippen LogP contribution in [-0.2, 0) is 0 Å². The lowest BCUT2D eigenvalue weighted by molar-refractivity contribution is 0.470. The Morgan fingerprint density at radius 1 is 0.818 bits per heavy atom. The number of ether oxygens (including phenoxy) is 1. The van der Waals surface area contributed by atoms with Crippen molar-refractivity contribution in [1.82, 2.24) is 9.97 Å². The lowest BCUT2D eigenvalue weighted by Gasteiger charge is -2.22. The number of rotatable bonds is 6. The normalized spacial score (nSPS) is 11.8. The van der Waals surface area contributed by atoms with E-state index in [2.05, 4.69) is 15.3 Å². The molecule has 0 bridgehead atoms. The number of para-hydroxylation sites is 1. The Balaban J connectivity index is 1.59. The van der Waals surface area contributed by atoms with Gasteiger partial charge in [-0.15, -0.1) is 0 Å². The fourth-order valence-electron chi connectivity index (χ4n) is 3.84. The van der Waals surface area contributed by atoms with Crippen LogP contribution in [0.25, 0.3) is 10.9 Å². The highest BCUT2D eigenvalue weighted by molar-refractivity contribution is 5.86. The van der Waals surface area contributed by atoms with Crippen molar-refractivity contribution in [2.45, 2.75) is 13.0 Å². The average Bonchev–Trinajstić information content (AvgIpc) is 2.85. The number of pyridine rings is 2. The molecule has 1 unspecified atom stereocenters. The summed E-state index contributed by atoms with van der Waals surface area (Å²) in [6.07, 6.45) is 1.74. The summed E-state index contributed by atoms with van der Waals surface area (Å²) in [6, 6.07) is 30.6. The summed E-state index contributed by atoms with van der Waals surface area (Å²) in [4.78, 5) is 9.00. The van der Waals surface area contributed by atoms with Crippen LogP contribution in [0.4, 0.5) is 5.82 Å². The van der Waals surface area contributed by atoms with Crippen LogP contribution in [0.2, 0.25) is 0 Å². The van der Waals surface area contributed by atoms with Gasteiger partial charge < -0.3 is 15.2 Å². The molecule has 0 fully saturated rings. The van der Waals surface area contributed by atoms with Crippen molar-refractivity contribution < 1.29 is 9.84 Å². The third kappa shape index (κ3) is 4.48. The van der Waals surface area contributed by atoms with E-state index >= 15 is 0 Å². The van der Waals surface area contributed by atoms with Crippen LogP contribution in [0.1, 0.15) is 22.9 Å². The Morgan fingerprint density at radius 2 is 1.61 bits per heavy atom. The molecule has 5 rings (SSSR count). The molecule has 2 aromatic heterocycles. The van der Waals surface area contributed by atoms with Crippen LogP contribution in [0.3, 0.4) is 0 Å². The number of hydrogen-bond donors (Lipinski definition) is 2. The molecule has 33 heavy (non-hydrogen) atoms. The standard InChI is InChI=1S/C28H23N3O2/c1-19-13-14-20-15-16-24(28(32)27(20)30-19)26(31-25-12-5-6-17-29-25)21-8-7-11-23(18-21)33-22-9-3-2-4-10-22/h2-18,26,32H,1H3,(H,29,31). The summed E-state index contributed by atoms with van der Waals surface area (Å²) in [6.45, 7) is 1.92. The Labute approximate surface area is 192 Å². The quantitative estimate of drug-likeness (QED) is 0.314. The fourth-order valence-corrected chi connectivity index (χ4v) is 3.84. The molecule has 0 saturated heterocycles. The molecule has 162 valence electrons. The number of hydrogen-bond acceptors (Lipinski definition) is 5. The first kappa shape index (κ1) is 20.5. The van der Waals surface area contributed by atoms with Crippen molar-refractivity contribution in [3.8, 4) is 17.2 Å². The van der Waals surface area contributed by atoms with E-state index in [9.17, 15) is 5.11 Å². The van der Waals surface area contributed by atoms with Gasteiger partial charge in [0.2, 0.25) is 0 Å². The lowest BCUT2D eigenvalue weighted by atomic mass is 9.96. The van der Waals surface area contributed by atoms with Crippen LogP contribution >= 0.6 is 0 Å². The predicted molar refractivity (Wildman–Crippen MR) is 131 cm³/mol. The van der Waals surface area contributed by atoms with Crippen molar-refractivity contribution in [2.75, 3.05) is 5.32 Å². The maximum Gasteiger partial charge on any atom is 0.147 e. The molecular weight excluding hydrogens is 410 g/mol. The summed E-state index contributed by atoms with van der Waals surface area (Å²) in [7, 11) is 0. The monoisotopic (exact) mass is 433 g/mol. The Morgan fingerprint density at radius 3 is 2.42 bits per heavy atom. The number of fused-ring (bicyclic) bond motifs is 1. The van der Waals surface area contributed by atoms with E-state index in [0.29, 0.717) is 22.6 Å². The number of benzene rings is 3. The number of aromatic nitrogens is 2. The number of nitrogens with zero attached hydrogens (tertiary/aromatic N) is 2. The van der Waals surface area contributed by atoms with E-state index in [0.717, 1.165) is 22.4 Å². The second-order valence-electron chi connectivity index (χ2n) is 7.81. The van der Waals surface area contributed by atoms with E-state index in [1.165, 1.54) is 0 Å². The Hall–Kier alpha value is -4.38. The minimum atomic E-state index is -0.370. The summed E-state index contributed by atoms with van der Waals surface area (Å²) in [5.74, 6) is 2.32. The van der Waals surface area contributed by atoms with Crippen LogP contribution in [0.5, 0.6) is 17.2 Å². The van der Waals surface area contributed by atoms with Gasteiger partial charge in [-0.25, -0.2) is 9.97 Å². The van der Waals surface area contributed by atoms with Crippen molar-refractivity contribution in [3.05, 3.63) is 120 Å². The number of anilines is 1. The molecule has 5 aromatic rings. The van der Waals surface area contributed by atoms with Gasteiger partial charge in [0.25, 0.3) is 0 Å². The van der Waals surface area contributed by atoms with Gasteiger partial charge in [0.05, 0.1) is 6.04 Å². The summed E-state index contributed by atoms with van der Waals surface area (Å²) in [5, 5.41) is 15.6. The summed E-state index contributed by atoms with van der Waals surface area (Å²) < 4.78 is 6.05. The van der Waals surface area contributed by atoms with E-state index in [1.807, 2.05) is 104 Å². The van der Waals surface area contributed by atoms with Crippen molar-refractivity contribution in [3.63, 3.8) is 0 Å². The third-order valence-electron chi connectivity index (χ3n) is 5.44. The fraction of sp³-hybridized carbons (Fsp3) is 0.0714. The Bertz CT molecular complexity index is 1390. The van der Waals surface area contributed by atoms with E-state index in [4.69, 9.17) is 4.74 Å². The SMILES string of the molecule is Cc1ccc2ccc(C(Nc3ccccn3)c3cccc(Oc4ccccc4)c3)c(O)c2n1. The molecule has 0 aliphatic heterocycles. The Kier molecular flexibility index (Phi) is 5.60. The zero-order chi connectivity index (χ0) is 22.6. The van der Waals surface area contributed by atoms with Gasteiger partial charge >= 0.3 is 0 Å². The smallest absolute Gasteiger partial charge is 0.147 e. The molecule has 0 radical (unpaired) electrons. The molecule has 0 amide bonds. The maximum absolute atomic E-state index is 11.2. The molecule has 0 aliphatic carbocycles. The molecule has 2 heterocycles. The zero-order valence-corrected chi connectivity index (χ0v) is 18.1. The highest BCUT2D eigenvalue weighted by atomic mass is 16.5. The van der Waals surface area contributed by atoms with Gasteiger partial charge in [0.15, 0.2) is 0 Å². The number of phenols is 1. The molecule has 3 aromatic carbocycles. The molecule has 1 atom stereocenters. The lowest BCUT2D eigenvalue weighted by Crippen LogP contribution is -2.14. The molecular formula is C28H23N3O2. The third-order valence-corrected chi connectivity index (χ3v) is 5.44. The molecule has 0 saturated carbocycles. The second kappa shape index (κ2) is 9.01. The molecule has 5 heteroatoms. The van der Waals surface area contributed by atoms with Crippen LogP contribution in [0.15, 0.2) is 103 Å². The van der Waals surface area contributed by atoms with E-state index in [-0.39, 0.29) is 11.8 Å². The average molecular weight is 434 g/mol. The van der Waals surface area contributed by atoms with E-state index < -0.39 is 0 Å². The van der Waals surface area contributed by atoms with Crippen LogP contribution < -0.4 is 10.1 Å². The van der Waals surface area contributed by atoms with Gasteiger partial charge in [-0.1, -0.05) is 54.6 Å². The minimum Gasteiger partial charge on any atom is -0.505 e. The first-order valence-corrected chi connectivity index (χ1v) is 10.8. The van der Waals surface area contributed by atoms with Crippen molar-refractivity contribution in [2.24, 2.45) is 0 Å². The largest absolute Gasteiger partial charge is 0.505 e. The van der Waals surface area contributed by atoms with Crippen LogP contribution in [0, 0.1) is 6.92 Å². The first-order chi connectivity index (χ1) is 16.2. The van der Waals surface area contributed by atoms with Gasteiger partial charge in [-0.2, -0.15) is 0 Å².